The molecule has 1 aromatic carbocycles. The van der Waals surface area contributed by atoms with Crippen molar-refractivity contribution in [2.24, 2.45) is 0 Å². The number of H-pyrrole nitrogens is 1. The molecule has 5 rings (SSSR count). The quantitative estimate of drug-likeness (QED) is 0.485. The van der Waals surface area contributed by atoms with Gasteiger partial charge < -0.3 is 10.2 Å². The van der Waals surface area contributed by atoms with Crippen LogP contribution in [0.2, 0.25) is 0 Å². The lowest BCUT2D eigenvalue weighted by atomic mass is 10.0. The number of nitrogens with zero attached hydrogens (tertiary/aromatic N) is 5. The number of hydrogen-bond acceptors (Lipinski definition) is 6. The summed E-state index contributed by atoms with van der Waals surface area (Å²) in [5.74, 6) is -1.14. The van der Waals surface area contributed by atoms with Crippen molar-refractivity contribution in [1.29, 1.82) is 0 Å². The van der Waals surface area contributed by atoms with Crippen LogP contribution in [0.4, 0.5) is 14.7 Å². The Bertz CT molecular complexity index is 1290. The lowest BCUT2D eigenvalue weighted by molar-refractivity contribution is -0.131. The summed E-state index contributed by atoms with van der Waals surface area (Å²) in [5, 5.41) is 11.3. The summed E-state index contributed by atoms with van der Waals surface area (Å²) >= 11 is 0. The molecule has 3 aromatic heterocycles. The number of halogens is 2. The summed E-state index contributed by atoms with van der Waals surface area (Å²) in [7, 11) is 0. The van der Waals surface area contributed by atoms with Crippen molar-refractivity contribution in [2.45, 2.75) is 25.3 Å². The fourth-order valence-electron chi connectivity index (χ4n) is 4.02. The molecule has 1 aliphatic heterocycles. The molecule has 10 heteroatoms. The molecule has 1 atom stereocenters. The van der Waals surface area contributed by atoms with E-state index in [4.69, 9.17) is 0 Å². The molecular weight excluding hydrogens is 428 g/mol. The number of piperidine rings is 1. The minimum Gasteiger partial charge on any atom is -0.350 e. The number of carbonyl (C=O) groups excluding carboxylic acids is 1. The van der Waals surface area contributed by atoms with Crippen molar-refractivity contribution in [3.05, 3.63) is 66.0 Å². The monoisotopic (exact) mass is 449 g/mol. The average molecular weight is 449 g/mol. The van der Waals surface area contributed by atoms with Gasteiger partial charge in [-0.15, -0.1) is 0 Å². The zero-order valence-corrected chi connectivity index (χ0v) is 17.6. The Hall–Kier alpha value is -3.95. The number of fused-ring (bicyclic) bond motifs is 1. The number of hydrogen-bond donors (Lipinski definition) is 2. The van der Waals surface area contributed by atoms with Crippen molar-refractivity contribution in [3.63, 3.8) is 0 Å². The van der Waals surface area contributed by atoms with Crippen LogP contribution in [0.25, 0.3) is 22.4 Å². The van der Waals surface area contributed by atoms with Gasteiger partial charge in [0.05, 0.1) is 23.2 Å². The molecule has 33 heavy (non-hydrogen) atoms. The summed E-state index contributed by atoms with van der Waals surface area (Å²) in [4.78, 5) is 27.6. The van der Waals surface area contributed by atoms with Crippen LogP contribution in [0, 0.1) is 11.6 Å². The Morgan fingerprint density at radius 2 is 2.12 bits per heavy atom. The molecule has 0 radical (unpaired) electrons. The van der Waals surface area contributed by atoms with Gasteiger partial charge in [0, 0.05) is 37.6 Å². The molecule has 0 unspecified atom stereocenters. The maximum Gasteiger partial charge on any atom is 0.227 e. The topological polar surface area (TPSA) is 99.7 Å². The Labute approximate surface area is 188 Å². The second kappa shape index (κ2) is 8.89. The van der Waals surface area contributed by atoms with Crippen molar-refractivity contribution in [3.8, 4) is 11.4 Å². The van der Waals surface area contributed by atoms with E-state index in [1.807, 2.05) is 18.2 Å². The van der Waals surface area contributed by atoms with Crippen LogP contribution in [0.3, 0.4) is 0 Å². The number of benzene rings is 1. The third kappa shape index (κ3) is 4.50. The Balaban J connectivity index is 1.26. The normalized spacial score (nSPS) is 16.2. The predicted octanol–water partition coefficient (Wildman–Crippen LogP) is 3.34. The van der Waals surface area contributed by atoms with Gasteiger partial charge in [0.25, 0.3) is 0 Å². The first-order chi connectivity index (χ1) is 16.1. The van der Waals surface area contributed by atoms with Gasteiger partial charge in [0.2, 0.25) is 11.9 Å². The van der Waals surface area contributed by atoms with E-state index in [1.165, 1.54) is 6.07 Å². The molecule has 0 spiro atoms. The van der Waals surface area contributed by atoms with E-state index in [-0.39, 0.29) is 23.9 Å². The molecule has 168 valence electrons. The van der Waals surface area contributed by atoms with E-state index in [1.54, 1.807) is 17.3 Å². The highest BCUT2D eigenvalue weighted by Crippen LogP contribution is 2.24. The summed E-state index contributed by atoms with van der Waals surface area (Å²) in [6.07, 6.45) is 4.94. The van der Waals surface area contributed by atoms with E-state index in [2.05, 4.69) is 30.5 Å². The van der Waals surface area contributed by atoms with Gasteiger partial charge in [0.15, 0.2) is 5.65 Å². The molecule has 1 saturated heterocycles. The fourth-order valence-corrected chi connectivity index (χ4v) is 4.02. The summed E-state index contributed by atoms with van der Waals surface area (Å²) in [6, 6.07) is 8.84. The van der Waals surface area contributed by atoms with E-state index < -0.39 is 11.6 Å². The average Bonchev–Trinajstić information content (AvgIpc) is 3.25. The zero-order chi connectivity index (χ0) is 22.8. The van der Waals surface area contributed by atoms with Crippen molar-refractivity contribution >= 4 is 22.9 Å². The highest BCUT2D eigenvalue weighted by molar-refractivity contribution is 5.89. The number of carbonyl (C=O) groups is 1. The van der Waals surface area contributed by atoms with Gasteiger partial charge in [-0.3, -0.25) is 14.9 Å². The molecule has 2 N–H and O–H groups in total. The Morgan fingerprint density at radius 3 is 2.94 bits per heavy atom. The second-order valence-electron chi connectivity index (χ2n) is 7.98. The minimum atomic E-state index is -0.708. The maximum atomic E-state index is 13.9. The first kappa shape index (κ1) is 20.9. The molecule has 1 aliphatic rings. The van der Waals surface area contributed by atoms with Crippen LogP contribution in [-0.2, 0) is 11.2 Å². The molecule has 0 bridgehead atoms. The Kier molecular flexibility index (Phi) is 5.64. The van der Waals surface area contributed by atoms with Crippen LogP contribution >= 0.6 is 0 Å². The highest BCUT2D eigenvalue weighted by atomic mass is 19.1. The van der Waals surface area contributed by atoms with Gasteiger partial charge in [0.1, 0.15) is 11.6 Å². The highest BCUT2D eigenvalue weighted by Gasteiger charge is 2.25. The second-order valence-corrected chi connectivity index (χ2v) is 7.98. The molecule has 1 fully saturated rings. The smallest absolute Gasteiger partial charge is 0.227 e. The number of aromatic nitrogens is 5. The number of pyridine rings is 1. The molecule has 0 saturated carbocycles. The van der Waals surface area contributed by atoms with E-state index >= 15 is 0 Å². The minimum absolute atomic E-state index is 0.0487. The summed E-state index contributed by atoms with van der Waals surface area (Å²) < 4.78 is 27.0. The van der Waals surface area contributed by atoms with E-state index in [9.17, 15) is 13.6 Å². The predicted molar refractivity (Wildman–Crippen MR) is 118 cm³/mol. The fraction of sp³-hybridized carbons (Fsp3) is 0.261. The van der Waals surface area contributed by atoms with Crippen molar-refractivity contribution in [2.75, 3.05) is 18.4 Å². The third-order valence-corrected chi connectivity index (χ3v) is 5.70. The molecule has 4 heterocycles. The number of rotatable bonds is 5. The lowest BCUT2D eigenvalue weighted by Gasteiger charge is -2.33. The van der Waals surface area contributed by atoms with Crippen molar-refractivity contribution in [1.82, 2.24) is 30.0 Å². The van der Waals surface area contributed by atoms with Crippen LogP contribution in [0.15, 0.2) is 48.8 Å². The molecule has 4 aromatic rings. The SMILES string of the molecule is O=C(Cc1ccc(F)cc1F)N1CCC[C@@H](Nc2ncc3c(-c4ccccn4)[nH]nc3n2)C1. The van der Waals surface area contributed by atoms with Gasteiger partial charge >= 0.3 is 0 Å². The molecule has 8 nitrogen and oxygen atoms in total. The first-order valence-electron chi connectivity index (χ1n) is 10.7. The van der Waals surface area contributed by atoms with Gasteiger partial charge in [-0.1, -0.05) is 12.1 Å². The van der Waals surface area contributed by atoms with Crippen LogP contribution in [-0.4, -0.2) is 55.1 Å². The largest absolute Gasteiger partial charge is 0.350 e. The van der Waals surface area contributed by atoms with Crippen molar-refractivity contribution < 1.29 is 13.6 Å². The number of nitrogens with one attached hydrogen (secondary N) is 2. The number of amides is 1. The Morgan fingerprint density at radius 1 is 1.21 bits per heavy atom. The molecule has 1 amide bonds. The third-order valence-electron chi connectivity index (χ3n) is 5.70. The summed E-state index contributed by atoms with van der Waals surface area (Å²) in [5.41, 5.74) is 2.21. The number of aromatic amines is 1. The maximum absolute atomic E-state index is 13.9. The zero-order valence-electron chi connectivity index (χ0n) is 17.6. The van der Waals surface area contributed by atoms with Gasteiger partial charge in [-0.25, -0.2) is 13.8 Å². The van der Waals surface area contributed by atoms with Crippen LogP contribution in [0.5, 0.6) is 0 Å². The van der Waals surface area contributed by atoms with Crippen LogP contribution < -0.4 is 5.32 Å². The van der Waals surface area contributed by atoms with Gasteiger partial charge in [-0.2, -0.15) is 10.1 Å². The molecular formula is C23H21F2N7O. The summed E-state index contributed by atoms with van der Waals surface area (Å²) in [6.45, 7) is 1.04. The van der Waals surface area contributed by atoms with Crippen LogP contribution in [0.1, 0.15) is 18.4 Å². The van der Waals surface area contributed by atoms with E-state index in [0.717, 1.165) is 41.7 Å². The standard InChI is InChI=1S/C23H21F2N7O/c24-15-7-6-14(18(25)11-15)10-20(33)32-9-3-4-16(13-32)28-23-27-12-17-21(30-31-22(17)29-23)19-5-1-2-8-26-19/h1-2,5-8,11-12,16H,3-4,9-10,13H2,(H2,27,28,29,30,31)/t16-/m1/s1. The molecule has 0 aliphatic carbocycles. The van der Waals surface area contributed by atoms with E-state index in [0.29, 0.717) is 24.7 Å². The number of anilines is 1. The number of likely N-dealkylation sites (tertiary alicyclic amines) is 1. The van der Waals surface area contributed by atoms with Gasteiger partial charge in [-0.05, 0) is 36.6 Å². The lowest BCUT2D eigenvalue weighted by Crippen LogP contribution is -2.46. The first-order valence-corrected chi connectivity index (χ1v) is 10.7.